The minimum atomic E-state index is -0.798. The van der Waals surface area contributed by atoms with Gasteiger partial charge in [-0.1, -0.05) is 35.5 Å². The van der Waals surface area contributed by atoms with E-state index in [9.17, 15) is 5.11 Å². The van der Waals surface area contributed by atoms with E-state index < -0.39 is 6.10 Å². The predicted molar refractivity (Wildman–Crippen MR) is 64.3 cm³/mol. The molecule has 2 atom stereocenters. The van der Waals surface area contributed by atoms with Crippen LogP contribution in [0.4, 0.5) is 0 Å². The quantitative estimate of drug-likeness (QED) is 0.839. The van der Waals surface area contributed by atoms with Gasteiger partial charge in [0.1, 0.15) is 17.6 Å². The molecule has 0 aliphatic rings. The monoisotopic (exact) mass is 232 g/mol. The van der Waals surface area contributed by atoms with Crippen molar-refractivity contribution in [3.63, 3.8) is 0 Å². The van der Waals surface area contributed by atoms with Gasteiger partial charge in [0, 0.05) is 12.1 Å². The zero-order valence-electron chi connectivity index (χ0n) is 9.71. The number of nitrogens with two attached hydrogens (primary N) is 1. The maximum absolute atomic E-state index is 10.0. The molecule has 0 saturated heterocycles. The molecule has 0 bridgehead atoms. The number of rotatable bonds is 4. The molecule has 1 heterocycles. The van der Waals surface area contributed by atoms with Gasteiger partial charge < -0.3 is 15.4 Å². The molecule has 3 N–H and O–H groups in total. The van der Waals surface area contributed by atoms with E-state index in [-0.39, 0.29) is 6.04 Å². The predicted octanol–water partition coefficient (Wildman–Crippen LogP) is 1.59. The van der Waals surface area contributed by atoms with Crippen molar-refractivity contribution < 1.29 is 9.63 Å². The fourth-order valence-corrected chi connectivity index (χ4v) is 1.74. The average molecular weight is 232 g/mol. The number of aliphatic hydroxyl groups excluding tert-OH is 1. The molecule has 1 aromatic carbocycles. The molecule has 2 aromatic rings. The molecule has 0 aliphatic carbocycles. The Morgan fingerprint density at radius 1 is 1.35 bits per heavy atom. The maximum Gasteiger partial charge on any atom is 0.134 e. The minimum absolute atomic E-state index is 0.387. The lowest BCUT2D eigenvalue weighted by Crippen LogP contribution is -2.30. The van der Waals surface area contributed by atoms with Crippen LogP contribution in [-0.4, -0.2) is 16.3 Å². The number of aliphatic hydroxyl groups is 1. The maximum atomic E-state index is 10.0. The number of hydrogen-bond acceptors (Lipinski definition) is 4. The summed E-state index contributed by atoms with van der Waals surface area (Å²) in [5.74, 6) is 0.672. The van der Waals surface area contributed by atoms with Gasteiger partial charge >= 0.3 is 0 Å². The summed E-state index contributed by atoms with van der Waals surface area (Å²) in [6, 6.07) is 11.1. The van der Waals surface area contributed by atoms with E-state index in [1.54, 1.807) is 13.0 Å². The Bertz CT molecular complexity index is 467. The van der Waals surface area contributed by atoms with Crippen molar-refractivity contribution >= 4 is 0 Å². The van der Waals surface area contributed by atoms with Gasteiger partial charge in [-0.05, 0) is 18.9 Å². The largest absolute Gasteiger partial charge is 0.385 e. The third kappa shape index (κ3) is 2.93. The van der Waals surface area contributed by atoms with E-state index in [0.29, 0.717) is 17.9 Å². The van der Waals surface area contributed by atoms with Gasteiger partial charge in [0.05, 0.1) is 0 Å². The SMILES string of the molecule is Cc1cc(C(O)C(N)Cc2ccccc2)no1. The zero-order chi connectivity index (χ0) is 12.3. The molecule has 1 aromatic heterocycles. The van der Waals surface area contributed by atoms with Gasteiger partial charge in [0.25, 0.3) is 0 Å². The lowest BCUT2D eigenvalue weighted by atomic mass is 10.0. The topological polar surface area (TPSA) is 72.3 Å². The number of aryl methyl sites for hydroxylation is 1. The highest BCUT2D eigenvalue weighted by atomic mass is 16.5. The van der Waals surface area contributed by atoms with Gasteiger partial charge in [-0.2, -0.15) is 0 Å². The second kappa shape index (κ2) is 5.12. The third-order valence-corrected chi connectivity index (χ3v) is 2.67. The van der Waals surface area contributed by atoms with Gasteiger partial charge in [0.2, 0.25) is 0 Å². The smallest absolute Gasteiger partial charge is 0.134 e. The number of nitrogens with zero attached hydrogens (tertiary/aromatic N) is 1. The van der Waals surface area contributed by atoms with Gasteiger partial charge in [-0.15, -0.1) is 0 Å². The molecule has 4 heteroatoms. The van der Waals surface area contributed by atoms with E-state index in [1.807, 2.05) is 30.3 Å². The Hall–Kier alpha value is -1.65. The Morgan fingerprint density at radius 3 is 2.65 bits per heavy atom. The Morgan fingerprint density at radius 2 is 2.06 bits per heavy atom. The van der Waals surface area contributed by atoms with Crippen LogP contribution in [0.5, 0.6) is 0 Å². The van der Waals surface area contributed by atoms with Crippen LogP contribution in [0.2, 0.25) is 0 Å². The van der Waals surface area contributed by atoms with Crippen molar-refractivity contribution in [2.75, 3.05) is 0 Å². The molecular formula is C13H16N2O2. The molecule has 0 spiro atoms. The van der Waals surface area contributed by atoms with Crippen LogP contribution >= 0.6 is 0 Å². The molecule has 4 nitrogen and oxygen atoms in total. The van der Waals surface area contributed by atoms with Crippen molar-refractivity contribution in [2.24, 2.45) is 5.73 Å². The van der Waals surface area contributed by atoms with E-state index in [1.165, 1.54) is 0 Å². The van der Waals surface area contributed by atoms with Crippen LogP contribution in [0.15, 0.2) is 40.9 Å². The summed E-state index contributed by atoms with van der Waals surface area (Å²) in [5.41, 5.74) is 7.55. The van der Waals surface area contributed by atoms with Gasteiger partial charge in [0.15, 0.2) is 0 Å². The normalized spacial score (nSPS) is 14.5. The second-order valence-corrected chi connectivity index (χ2v) is 4.16. The fraction of sp³-hybridized carbons (Fsp3) is 0.308. The first kappa shape index (κ1) is 11.8. The summed E-state index contributed by atoms with van der Waals surface area (Å²) in [4.78, 5) is 0. The van der Waals surface area contributed by atoms with Gasteiger partial charge in [-0.3, -0.25) is 0 Å². The molecule has 17 heavy (non-hydrogen) atoms. The molecule has 0 aliphatic heterocycles. The van der Waals surface area contributed by atoms with Crippen LogP contribution in [0.1, 0.15) is 23.1 Å². The summed E-state index contributed by atoms with van der Waals surface area (Å²) in [6.45, 7) is 1.78. The summed E-state index contributed by atoms with van der Waals surface area (Å²) in [7, 11) is 0. The molecule has 2 rings (SSSR count). The van der Waals surface area contributed by atoms with Crippen LogP contribution in [0, 0.1) is 6.92 Å². The molecule has 0 fully saturated rings. The summed E-state index contributed by atoms with van der Waals surface area (Å²) in [6.07, 6.45) is -0.193. The van der Waals surface area contributed by atoms with Crippen molar-refractivity contribution in [3.8, 4) is 0 Å². The highest BCUT2D eigenvalue weighted by Gasteiger charge is 2.20. The lowest BCUT2D eigenvalue weighted by molar-refractivity contribution is 0.137. The first-order chi connectivity index (χ1) is 8.16. The Kier molecular flexibility index (Phi) is 3.56. The first-order valence-corrected chi connectivity index (χ1v) is 5.57. The number of hydrogen-bond donors (Lipinski definition) is 2. The van der Waals surface area contributed by atoms with Crippen molar-refractivity contribution in [3.05, 3.63) is 53.4 Å². The highest BCUT2D eigenvalue weighted by molar-refractivity contribution is 5.17. The second-order valence-electron chi connectivity index (χ2n) is 4.16. The zero-order valence-corrected chi connectivity index (χ0v) is 9.71. The molecule has 0 radical (unpaired) electrons. The lowest BCUT2D eigenvalue weighted by Gasteiger charge is -2.16. The Balaban J connectivity index is 2.03. The summed E-state index contributed by atoms with van der Waals surface area (Å²) in [5, 5.41) is 13.8. The summed E-state index contributed by atoms with van der Waals surface area (Å²) < 4.78 is 4.92. The van der Waals surface area contributed by atoms with Crippen molar-refractivity contribution in [1.82, 2.24) is 5.16 Å². The van der Waals surface area contributed by atoms with Crippen LogP contribution in [-0.2, 0) is 6.42 Å². The van der Waals surface area contributed by atoms with Crippen molar-refractivity contribution in [2.45, 2.75) is 25.5 Å². The van der Waals surface area contributed by atoms with E-state index in [4.69, 9.17) is 10.3 Å². The number of benzene rings is 1. The van der Waals surface area contributed by atoms with E-state index in [0.717, 1.165) is 5.56 Å². The van der Waals surface area contributed by atoms with Crippen molar-refractivity contribution in [1.29, 1.82) is 0 Å². The first-order valence-electron chi connectivity index (χ1n) is 5.57. The standard InChI is InChI=1S/C13H16N2O2/c1-9-7-12(15-17-9)13(16)11(14)8-10-5-3-2-4-6-10/h2-7,11,13,16H,8,14H2,1H3. The number of aromatic nitrogens is 1. The van der Waals surface area contributed by atoms with Crippen LogP contribution < -0.4 is 5.73 Å². The molecule has 0 amide bonds. The van der Waals surface area contributed by atoms with Crippen LogP contribution in [0.25, 0.3) is 0 Å². The van der Waals surface area contributed by atoms with Gasteiger partial charge in [-0.25, -0.2) is 0 Å². The third-order valence-electron chi connectivity index (χ3n) is 2.67. The minimum Gasteiger partial charge on any atom is -0.385 e. The summed E-state index contributed by atoms with van der Waals surface area (Å²) >= 11 is 0. The molecule has 90 valence electrons. The molecule has 2 unspecified atom stereocenters. The highest BCUT2D eigenvalue weighted by Crippen LogP contribution is 2.18. The van der Waals surface area contributed by atoms with E-state index >= 15 is 0 Å². The van der Waals surface area contributed by atoms with E-state index in [2.05, 4.69) is 5.16 Å². The average Bonchev–Trinajstić information content (AvgIpc) is 2.76. The Labute approximate surface area is 100 Å². The fourth-order valence-electron chi connectivity index (χ4n) is 1.74. The molecule has 0 saturated carbocycles. The van der Waals surface area contributed by atoms with Crippen LogP contribution in [0.3, 0.4) is 0 Å². The molecular weight excluding hydrogens is 216 g/mol.